The second kappa shape index (κ2) is 5.78. The Hall–Kier alpha value is -1.68. The van der Waals surface area contributed by atoms with Gasteiger partial charge in [0.05, 0.1) is 11.4 Å². The lowest BCUT2D eigenvalue weighted by atomic mass is 10.2. The fourth-order valence-electron chi connectivity index (χ4n) is 1.72. The van der Waals surface area contributed by atoms with Crippen LogP contribution >= 0.6 is 0 Å². The van der Waals surface area contributed by atoms with Crippen LogP contribution in [0, 0.1) is 12.8 Å². The first-order chi connectivity index (χ1) is 8.65. The van der Waals surface area contributed by atoms with Crippen LogP contribution in [0.1, 0.15) is 25.2 Å². The maximum atomic E-state index is 4.59. The average molecular weight is 244 g/mol. The molecule has 2 aromatic heterocycles. The highest BCUT2D eigenvalue weighted by Crippen LogP contribution is 2.06. The smallest absolute Gasteiger partial charge is 0.153 e. The third-order valence-corrected chi connectivity index (χ3v) is 2.61. The molecule has 0 bridgehead atoms. The number of hydrogen-bond donors (Lipinski definition) is 1. The fraction of sp³-hybridized carbons (Fsp3) is 0.429. The van der Waals surface area contributed by atoms with Crippen molar-refractivity contribution in [3.8, 4) is 5.82 Å². The van der Waals surface area contributed by atoms with Gasteiger partial charge in [-0.25, -0.2) is 9.67 Å². The van der Waals surface area contributed by atoms with E-state index in [1.807, 2.05) is 37.4 Å². The van der Waals surface area contributed by atoms with Crippen LogP contribution in [0.25, 0.3) is 5.82 Å². The molecule has 0 unspecified atom stereocenters. The minimum absolute atomic E-state index is 0.655. The first-order valence-corrected chi connectivity index (χ1v) is 6.34. The number of nitrogens with zero attached hydrogens (tertiary/aromatic N) is 3. The maximum absolute atomic E-state index is 4.59. The molecule has 0 aromatic carbocycles. The Morgan fingerprint density at radius 2 is 2.11 bits per heavy atom. The minimum Gasteiger partial charge on any atom is -0.311 e. The summed E-state index contributed by atoms with van der Waals surface area (Å²) in [5.41, 5.74) is 2.04. The molecule has 4 nitrogen and oxygen atoms in total. The van der Waals surface area contributed by atoms with E-state index in [4.69, 9.17) is 0 Å². The van der Waals surface area contributed by atoms with Crippen molar-refractivity contribution >= 4 is 0 Å². The van der Waals surface area contributed by atoms with Gasteiger partial charge in [0.2, 0.25) is 0 Å². The number of rotatable bonds is 5. The second-order valence-corrected chi connectivity index (χ2v) is 4.91. The van der Waals surface area contributed by atoms with Crippen LogP contribution in [0.5, 0.6) is 0 Å². The van der Waals surface area contributed by atoms with Crippen LogP contribution in [0.4, 0.5) is 0 Å². The molecule has 2 rings (SSSR count). The summed E-state index contributed by atoms with van der Waals surface area (Å²) < 4.78 is 1.81. The summed E-state index contributed by atoms with van der Waals surface area (Å²) in [5.74, 6) is 1.52. The van der Waals surface area contributed by atoms with Gasteiger partial charge in [-0.1, -0.05) is 19.9 Å². The zero-order valence-electron chi connectivity index (χ0n) is 11.2. The van der Waals surface area contributed by atoms with Crippen LogP contribution in [-0.4, -0.2) is 21.3 Å². The molecule has 0 aliphatic carbocycles. The quantitative estimate of drug-likeness (QED) is 0.877. The van der Waals surface area contributed by atoms with E-state index < -0.39 is 0 Å². The summed E-state index contributed by atoms with van der Waals surface area (Å²) in [6.07, 6.45) is 1.93. The van der Waals surface area contributed by atoms with Crippen molar-refractivity contribution in [2.24, 2.45) is 5.92 Å². The molecule has 4 heteroatoms. The number of hydrogen-bond acceptors (Lipinski definition) is 3. The van der Waals surface area contributed by atoms with Crippen LogP contribution in [0.3, 0.4) is 0 Å². The molecule has 18 heavy (non-hydrogen) atoms. The Morgan fingerprint density at radius 3 is 2.78 bits per heavy atom. The zero-order valence-corrected chi connectivity index (χ0v) is 11.2. The van der Waals surface area contributed by atoms with Crippen LogP contribution in [-0.2, 0) is 6.54 Å². The van der Waals surface area contributed by atoms with Crippen molar-refractivity contribution in [2.45, 2.75) is 27.3 Å². The Kier molecular flexibility index (Phi) is 4.10. The van der Waals surface area contributed by atoms with Crippen molar-refractivity contribution in [2.75, 3.05) is 6.54 Å². The highest BCUT2D eigenvalue weighted by Gasteiger charge is 2.02. The fourth-order valence-corrected chi connectivity index (χ4v) is 1.72. The van der Waals surface area contributed by atoms with E-state index in [0.717, 1.165) is 30.3 Å². The van der Waals surface area contributed by atoms with Gasteiger partial charge in [0, 0.05) is 12.7 Å². The molecule has 0 saturated heterocycles. The lowest BCUT2D eigenvalue weighted by Crippen LogP contribution is -2.19. The molecule has 0 amide bonds. The van der Waals surface area contributed by atoms with Gasteiger partial charge in [-0.2, -0.15) is 5.10 Å². The Labute approximate surface area is 108 Å². The van der Waals surface area contributed by atoms with Crippen LogP contribution in [0.2, 0.25) is 0 Å². The topological polar surface area (TPSA) is 42.7 Å². The summed E-state index contributed by atoms with van der Waals surface area (Å²) in [4.78, 5) is 4.59. The van der Waals surface area contributed by atoms with Gasteiger partial charge >= 0.3 is 0 Å². The predicted molar refractivity (Wildman–Crippen MR) is 72.6 cm³/mol. The van der Waals surface area contributed by atoms with Gasteiger partial charge in [-0.3, -0.25) is 0 Å². The third-order valence-electron chi connectivity index (χ3n) is 2.61. The van der Waals surface area contributed by atoms with Gasteiger partial charge in [-0.15, -0.1) is 0 Å². The lowest BCUT2D eigenvalue weighted by Gasteiger charge is -2.08. The van der Waals surface area contributed by atoms with E-state index in [1.54, 1.807) is 4.68 Å². The summed E-state index contributed by atoms with van der Waals surface area (Å²) in [5, 5.41) is 7.76. The van der Waals surface area contributed by atoms with Crippen LogP contribution < -0.4 is 5.32 Å². The number of nitrogens with one attached hydrogen (secondary N) is 1. The van der Waals surface area contributed by atoms with E-state index in [1.165, 1.54) is 0 Å². The summed E-state index contributed by atoms with van der Waals surface area (Å²) in [6, 6.07) is 8.00. The average Bonchev–Trinajstić information content (AvgIpc) is 2.76. The van der Waals surface area contributed by atoms with Crippen molar-refractivity contribution in [1.82, 2.24) is 20.1 Å². The van der Waals surface area contributed by atoms with E-state index in [0.29, 0.717) is 5.92 Å². The number of aryl methyl sites for hydroxylation is 1. The molecule has 0 atom stereocenters. The number of aromatic nitrogens is 3. The number of pyridine rings is 1. The van der Waals surface area contributed by atoms with Gasteiger partial charge in [0.1, 0.15) is 0 Å². The Morgan fingerprint density at radius 1 is 1.28 bits per heavy atom. The van der Waals surface area contributed by atoms with Crippen molar-refractivity contribution in [1.29, 1.82) is 0 Å². The van der Waals surface area contributed by atoms with Gasteiger partial charge in [0.25, 0.3) is 0 Å². The van der Waals surface area contributed by atoms with E-state index in [-0.39, 0.29) is 0 Å². The molecular formula is C14H20N4. The van der Waals surface area contributed by atoms with Gasteiger partial charge in [0.15, 0.2) is 5.82 Å². The molecule has 0 saturated carbocycles. The van der Waals surface area contributed by atoms with Gasteiger partial charge in [-0.05, 0) is 37.6 Å². The zero-order chi connectivity index (χ0) is 13.0. The Bertz CT molecular complexity index is 502. The molecule has 0 aliphatic rings. The minimum atomic E-state index is 0.655. The van der Waals surface area contributed by atoms with Crippen molar-refractivity contribution < 1.29 is 0 Å². The summed E-state index contributed by atoms with van der Waals surface area (Å²) in [6.45, 7) is 8.18. The molecular weight excluding hydrogens is 224 g/mol. The summed E-state index contributed by atoms with van der Waals surface area (Å²) in [7, 11) is 0. The van der Waals surface area contributed by atoms with Crippen LogP contribution in [0.15, 0.2) is 30.5 Å². The normalized spacial score (nSPS) is 11.1. The monoisotopic (exact) mass is 244 g/mol. The van der Waals surface area contributed by atoms with E-state index in [2.05, 4.69) is 29.2 Å². The molecule has 0 aliphatic heterocycles. The largest absolute Gasteiger partial charge is 0.311 e. The Balaban J connectivity index is 2.05. The molecule has 0 fully saturated rings. The van der Waals surface area contributed by atoms with E-state index >= 15 is 0 Å². The second-order valence-electron chi connectivity index (χ2n) is 4.91. The SMILES string of the molecule is Cc1ccn(-c2cccc(CNCC(C)C)n2)n1. The standard InChI is InChI=1S/C14H20N4/c1-11(2)9-15-10-13-5-4-6-14(16-13)18-8-7-12(3)17-18/h4-8,11,15H,9-10H2,1-3H3. The molecule has 0 radical (unpaired) electrons. The first-order valence-electron chi connectivity index (χ1n) is 6.34. The molecule has 1 N–H and O–H groups in total. The van der Waals surface area contributed by atoms with Gasteiger partial charge < -0.3 is 5.32 Å². The van der Waals surface area contributed by atoms with Crippen molar-refractivity contribution in [3.05, 3.63) is 41.9 Å². The molecule has 0 spiro atoms. The highest BCUT2D eigenvalue weighted by atomic mass is 15.3. The van der Waals surface area contributed by atoms with Crippen molar-refractivity contribution in [3.63, 3.8) is 0 Å². The highest BCUT2D eigenvalue weighted by molar-refractivity contribution is 5.24. The molecule has 2 aromatic rings. The van der Waals surface area contributed by atoms with E-state index in [9.17, 15) is 0 Å². The lowest BCUT2D eigenvalue weighted by molar-refractivity contribution is 0.547. The first kappa shape index (κ1) is 12.8. The molecule has 2 heterocycles. The third kappa shape index (κ3) is 3.40. The summed E-state index contributed by atoms with van der Waals surface area (Å²) >= 11 is 0. The molecule has 96 valence electrons. The predicted octanol–water partition coefficient (Wildman–Crippen LogP) is 2.32. The maximum Gasteiger partial charge on any atom is 0.153 e.